The first-order valence-corrected chi connectivity index (χ1v) is 8.73. The van der Waals surface area contributed by atoms with Crippen molar-refractivity contribution < 1.29 is 28.6 Å². The second kappa shape index (κ2) is 9.86. The minimum absolute atomic E-state index is 0.0657. The lowest BCUT2D eigenvalue weighted by atomic mass is 10.3. The minimum atomic E-state index is -0.715. The van der Waals surface area contributed by atoms with Crippen molar-refractivity contribution >= 4 is 46.1 Å². The maximum Gasteiger partial charge on any atom is 0.378 e. The topological polar surface area (TPSA) is 125 Å². The van der Waals surface area contributed by atoms with E-state index in [0.29, 0.717) is 12.0 Å². The van der Waals surface area contributed by atoms with E-state index < -0.39 is 11.9 Å². The zero-order valence-electron chi connectivity index (χ0n) is 14.8. The molecule has 0 aromatic carbocycles. The number of esters is 2. The SMILES string of the molecule is CCOC(=O)c1ccnnc1Cl.CCOC(=O)c1oc2cnc(Cl)cc2c1O. The number of hydrogen-bond acceptors (Lipinski definition) is 9. The second-order valence-electron chi connectivity index (χ2n) is 4.96. The van der Waals surface area contributed by atoms with Crippen molar-refractivity contribution in [1.29, 1.82) is 0 Å². The Labute approximate surface area is 169 Å². The molecule has 0 saturated heterocycles. The predicted octanol–water partition coefficient (Wildman–Crippen LogP) is 3.67. The van der Waals surface area contributed by atoms with Crippen LogP contribution >= 0.6 is 23.2 Å². The average molecular weight is 428 g/mol. The molecule has 0 aliphatic carbocycles. The average Bonchev–Trinajstić information content (AvgIpc) is 2.99. The molecule has 0 aliphatic rings. The van der Waals surface area contributed by atoms with Crippen LogP contribution in [0.1, 0.15) is 34.8 Å². The summed E-state index contributed by atoms with van der Waals surface area (Å²) in [6, 6.07) is 2.88. The number of carbonyl (C=O) groups excluding carboxylic acids is 2. The molecular weight excluding hydrogens is 413 g/mol. The number of furan rings is 1. The molecule has 11 heteroatoms. The summed E-state index contributed by atoms with van der Waals surface area (Å²) >= 11 is 11.2. The van der Waals surface area contributed by atoms with Gasteiger partial charge < -0.3 is 19.0 Å². The van der Waals surface area contributed by atoms with Gasteiger partial charge in [-0.3, -0.25) is 0 Å². The summed E-state index contributed by atoms with van der Waals surface area (Å²) in [7, 11) is 0. The van der Waals surface area contributed by atoms with Crippen molar-refractivity contribution in [3.8, 4) is 5.75 Å². The van der Waals surface area contributed by atoms with Crippen LogP contribution in [0, 0.1) is 0 Å². The fraction of sp³-hybridized carbons (Fsp3) is 0.235. The Morgan fingerprint density at radius 3 is 2.50 bits per heavy atom. The van der Waals surface area contributed by atoms with Gasteiger partial charge in [0, 0.05) is 0 Å². The Balaban J connectivity index is 0.000000209. The van der Waals surface area contributed by atoms with Gasteiger partial charge in [0.05, 0.1) is 31.0 Å². The van der Waals surface area contributed by atoms with Crippen molar-refractivity contribution in [1.82, 2.24) is 15.2 Å². The molecule has 3 aromatic rings. The molecular formula is C17H15Cl2N3O6. The molecule has 0 saturated carbocycles. The van der Waals surface area contributed by atoms with Gasteiger partial charge in [0.15, 0.2) is 16.5 Å². The number of rotatable bonds is 4. The van der Waals surface area contributed by atoms with E-state index >= 15 is 0 Å². The zero-order valence-corrected chi connectivity index (χ0v) is 16.3. The molecule has 0 bridgehead atoms. The fourth-order valence-electron chi connectivity index (χ4n) is 1.97. The van der Waals surface area contributed by atoms with Crippen LogP contribution in [-0.4, -0.2) is 45.4 Å². The van der Waals surface area contributed by atoms with Crippen molar-refractivity contribution in [3.05, 3.63) is 46.2 Å². The van der Waals surface area contributed by atoms with E-state index in [1.807, 2.05) is 0 Å². The molecule has 28 heavy (non-hydrogen) atoms. The summed E-state index contributed by atoms with van der Waals surface area (Å²) in [6.45, 7) is 3.91. The van der Waals surface area contributed by atoms with Gasteiger partial charge >= 0.3 is 11.9 Å². The lowest BCUT2D eigenvalue weighted by Gasteiger charge is -2.00. The molecule has 0 fully saturated rings. The molecule has 0 amide bonds. The van der Waals surface area contributed by atoms with Crippen LogP contribution in [-0.2, 0) is 9.47 Å². The van der Waals surface area contributed by atoms with E-state index in [9.17, 15) is 14.7 Å². The van der Waals surface area contributed by atoms with Gasteiger partial charge in [-0.2, -0.15) is 5.10 Å². The van der Waals surface area contributed by atoms with Gasteiger partial charge in [-0.05, 0) is 26.0 Å². The lowest BCUT2D eigenvalue weighted by Crippen LogP contribution is -2.06. The molecule has 0 radical (unpaired) electrons. The van der Waals surface area contributed by atoms with Crippen molar-refractivity contribution in [2.75, 3.05) is 13.2 Å². The quantitative estimate of drug-likeness (QED) is 0.489. The van der Waals surface area contributed by atoms with Gasteiger partial charge in [-0.25, -0.2) is 14.6 Å². The number of fused-ring (bicyclic) bond motifs is 1. The number of carbonyl (C=O) groups is 2. The van der Waals surface area contributed by atoms with Gasteiger partial charge in [0.2, 0.25) is 0 Å². The van der Waals surface area contributed by atoms with Crippen molar-refractivity contribution in [3.63, 3.8) is 0 Å². The second-order valence-corrected chi connectivity index (χ2v) is 5.70. The summed E-state index contributed by atoms with van der Waals surface area (Å²) in [5.41, 5.74) is 0.526. The van der Waals surface area contributed by atoms with Crippen LogP contribution < -0.4 is 0 Å². The maximum atomic E-state index is 11.4. The highest BCUT2D eigenvalue weighted by Gasteiger charge is 2.21. The fourth-order valence-corrected chi connectivity index (χ4v) is 2.32. The highest BCUT2D eigenvalue weighted by atomic mass is 35.5. The number of halogens is 2. The monoisotopic (exact) mass is 427 g/mol. The Morgan fingerprint density at radius 1 is 1.18 bits per heavy atom. The smallest absolute Gasteiger partial charge is 0.378 e. The molecule has 1 N–H and O–H groups in total. The highest BCUT2D eigenvalue weighted by Crippen LogP contribution is 2.33. The van der Waals surface area contributed by atoms with Crippen molar-refractivity contribution in [2.24, 2.45) is 0 Å². The van der Waals surface area contributed by atoms with Crippen LogP contribution in [0.2, 0.25) is 10.3 Å². The third-order valence-corrected chi connectivity index (χ3v) is 3.63. The predicted molar refractivity (Wildman–Crippen MR) is 99.6 cm³/mol. The van der Waals surface area contributed by atoms with Crippen LogP contribution in [0.4, 0.5) is 0 Å². The van der Waals surface area contributed by atoms with Gasteiger partial charge in [0.1, 0.15) is 10.7 Å². The summed E-state index contributed by atoms with van der Waals surface area (Å²) in [5, 5.41) is 17.3. The Hall–Kier alpha value is -2.91. The third kappa shape index (κ3) is 5.08. The zero-order chi connectivity index (χ0) is 20.7. The number of aromatic nitrogens is 3. The summed E-state index contributed by atoms with van der Waals surface area (Å²) in [5.74, 6) is -1.71. The molecule has 0 unspecified atom stereocenters. The Morgan fingerprint density at radius 2 is 1.86 bits per heavy atom. The van der Waals surface area contributed by atoms with Gasteiger partial charge in [-0.1, -0.05) is 23.2 Å². The molecule has 9 nitrogen and oxygen atoms in total. The molecule has 3 aromatic heterocycles. The molecule has 148 valence electrons. The summed E-state index contributed by atoms with van der Waals surface area (Å²) < 4.78 is 14.6. The summed E-state index contributed by atoms with van der Waals surface area (Å²) in [6.07, 6.45) is 2.72. The van der Waals surface area contributed by atoms with E-state index in [-0.39, 0.29) is 39.6 Å². The van der Waals surface area contributed by atoms with E-state index in [2.05, 4.69) is 15.2 Å². The van der Waals surface area contributed by atoms with E-state index in [1.165, 1.54) is 24.5 Å². The molecule has 3 rings (SSSR count). The highest BCUT2D eigenvalue weighted by molar-refractivity contribution is 6.32. The Kier molecular flexibility index (Phi) is 7.53. The van der Waals surface area contributed by atoms with Gasteiger partial charge in [-0.15, -0.1) is 5.10 Å². The number of hydrogen-bond donors (Lipinski definition) is 1. The maximum absolute atomic E-state index is 11.4. The van der Waals surface area contributed by atoms with E-state index in [4.69, 9.17) is 37.1 Å². The first-order valence-electron chi connectivity index (χ1n) is 7.97. The van der Waals surface area contributed by atoms with E-state index in [0.717, 1.165) is 0 Å². The number of ether oxygens (including phenoxy) is 2. The standard InChI is InChI=1S/C10H8ClNO4.C7H7ClN2O2/c1-2-15-10(14)9-8(13)5-3-7(11)12-4-6(5)16-9;1-2-12-7(11)5-3-4-9-10-6(5)8/h3-4,13H,2H2,1H3;3-4H,2H2,1H3. The number of nitrogens with zero attached hydrogens (tertiary/aromatic N) is 3. The minimum Gasteiger partial charge on any atom is -0.504 e. The van der Waals surface area contributed by atoms with Crippen LogP contribution in [0.3, 0.4) is 0 Å². The largest absolute Gasteiger partial charge is 0.504 e. The van der Waals surface area contributed by atoms with Crippen LogP contribution in [0.15, 0.2) is 28.9 Å². The summed E-state index contributed by atoms with van der Waals surface area (Å²) in [4.78, 5) is 26.3. The lowest BCUT2D eigenvalue weighted by molar-refractivity contribution is 0.0486. The number of aromatic hydroxyl groups is 1. The van der Waals surface area contributed by atoms with Gasteiger partial charge in [0.25, 0.3) is 5.76 Å². The first-order chi connectivity index (χ1) is 13.4. The van der Waals surface area contributed by atoms with E-state index in [1.54, 1.807) is 13.8 Å². The third-order valence-electron chi connectivity index (χ3n) is 3.15. The van der Waals surface area contributed by atoms with Crippen molar-refractivity contribution in [2.45, 2.75) is 13.8 Å². The number of pyridine rings is 1. The normalized spacial score (nSPS) is 10.1. The first kappa shape index (κ1) is 21.4. The molecule has 0 spiro atoms. The molecule has 0 atom stereocenters. The molecule has 3 heterocycles. The molecule has 0 aliphatic heterocycles. The van der Waals surface area contributed by atoms with Crippen LogP contribution in [0.25, 0.3) is 11.0 Å². The Bertz CT molecular complexity index is 992. The van der Waals surface area contributed by atoms with Crippen LogP contribution in [0.5, 0.6) is 5.75 Å².